The molecule has 3 heteroatoms. The van der Waals surface area contributed by atoms with Crippen LogP contribution in [0.3, 0.4) is 0 Å². The fraction of sp³-hybridized carbons (Fsp3) is 0.455. The lowest BCUT2D eigenvalue weighted by Crippen LogP contribution is -2.06. The van der Waals surface area contributed by atoms with Gasteiger partial charge in [-0.05, 0) is 18.1 Å². The molecule has 0 amide bonds. The van der Waals surface area contributed by atoms with Crippen molar-refractivity contribution in [2.24, 2.45) is 5.92 Å². The van der Waals surface area contributed by atoms with Crippen LogP contribution in [-0.4, -0.2) is 17.9 Å². The van der Waals surface area contributed by atoms with Crippen LogP contribution >= 0.6 is 0 Å². The predicted molar refractivity (Wildman–Crippen MR) is 54.6 cm³/mol. The number of nitrogens with zero attached hydrogens (tertiary/aromatic N) is 1. The Morgan fingerprint density at radius 2 is 2.29 bits per heavy atom. The molecule has 0 bridgehead atoms. The smallest absolute Gasteiger partial charge is 0.224 e. The van der Waals surface area contributed by atoms with E-state index in [0.717, 1.165) is 0 Å². The number of ketones is 1. The monoisotopic (exact) mass is 193 g/mol. The molecule has 0 spiro atoms. The van der Waals surface area contributed by atoms with Gasteiger partial charge in [-0.3, -0.25) is 4.79 Å². The normalized spacial score (nSPS) is 10.3. The summed E-state index contributed by atoms with van der Waals surface area (Å²) in [6.07, 6.45) is 2.15. The predicted octanol–water partition coefficient (Wildman–Crippen LogP) is 2.32. The number of hydrogen-bond donors (Lipinski definition) is 0. The molecule has 0 saturated heterocycles. The highest BCUT2D eigenvalue weighted by molar-refractivity contribution is 5.98. The summed E-state index contributed by atoms with van der Waals surface area (Å²) in [7, 11) is 1.52. The molecule has 0 saturated carbocycles. The van der Waals surface area contributed by atoms with Crippen molar-refractivity contribution >= 4 is 5.78 Å². The van der Waals surface area contributed by atoms with E-state index in [1.54, 1.807) is 18.3 Å². The van der Waals surface area contributed by atoms with Gasteiger partial charge in [0, 0.05) is 12.6 Å². The highest BCUT2D eigenvalue weighted by Gasteiger charge is 2.13. The topological polar surface area (TPSA) is 39.2 Å². The molecule has 0 N–H and O–H groups in total. The van der Waals surface area contributed by atoms with Crippen LogP contribution in [0.1, 0.15) is 30.6 Å². The second-order valence-corrected chi connectivity index (χ2v) is 3.58. The van der Waals surface area contributed by atoms with Gasteiger partial charge in [0.2, 0.25) is 5.88 Å². The molecule has 0 unspecified atom stereocenters. The number of hydrogen-bond acceptors (Lipinski definition) is 3. The maximum atomic E-state index is 11.7. The van der Waals surface area contributed by atoms with Gasteiger partial charge < -0.3 is 4.74 Å². The van der Waals surface area contributed by atoms with Gasteiger partial charge in [-0.15, -0.1) is 0 Å². The molecule has 0 aliphatic carbocycles. The third-order valence-corrected chi connectivity index (χ3v) is 1.86. The maximum Gasteiger partial charge on any atom is 0.224 e. The third-order valence-electron chi connectivity index (χ3n) is 1.86. The van der Waals surface area contributed by atoms with E-state index in [-0.39, 0.29) is 5.78 Å². The van der Waals surface area contributed by atoms with Crippen LogP contribution in [0.15, 0.2) is 18.3 Å². The minimum absolute atomic E-state index is 0.0879. The van der Waals surface area contributed by atoms with E-state index < -0.39 is 0 Å². The zero-order valence-corrected chi connectivity index (χ0v) is 8.78. The van der Waals surface area contributed by atoms with Gasteiger partial charge in [0.1, 0.15) is 0 Å². The molecule has 0 aliphatic rings. The Balaban J connectivity index is 2.88. The zero-order chi connectivity index (χ0) is 10.6. The molecule has 0 radical (unpaired) electrons. The fourth-order valence-electron chi connectivity index (χ4n) is 1.25. The molecular formula is C11H15NO2. The van der Waals surface area contributed by atoms with Crippen molar-refractivity contribution in [1.29, 1.82) is 0 Å². The largest absolute Gasteiger partial charge is 0.480 e. The fourth-order valence-corrected chi connectivity index (χ4v) is 1.25. The van der Waals surface area contributed by atoms with Crippen LogP contribution in [-0.2, 0) is 0 Å². The highest BCUT2D eigenvalue weighted by Crippen LogP contribution is 2.17. The number of carbonyl (C=O) groups is 1. The first-order chi connectivity index (χ1) is 6.65. The first-order valence-electron chi connectivity index (χ1n) is 4.67. The minimum atomic E-state index is 0.0879. The van der Waals surface area contributed by atoms with Gasteiger partial charge in [-0.25, -0.2) is 4.98 Å². The summed E-state index contributed by atoms with van der Waals surface area (Å²) in [6, 6.07) is 3.49. The summed E-state index contributed by atoms with van der Waals surface area (Å²) < 4.78 is 5.02. The molecule has 0 atom stereocenters. The Hall–Kier alpha value is -1.38. The number of aromatic nitrogens is 1. The Morgan fingerprint density at radius 3 is 2.86 bits per heavy atom. The summed E-state index contributed by atoms with van der Waals surface area (Å²) >= 11 is 0. The molecular weight excluding hydrogens is 178 g/mol. The van der Waals surface area contributed by atoms with E-state index in [2.05, 4.69) is 4.98 Å². The zero-order valence-electron chi connectivity index (χ0n) is 8.78. The van der Waals surface area contributed by atoms with Crippen LogP contribution in [0.2, 0.25) is 0 Å². The lowest BCUT2D eigenvalue weighted by atomic mass is 10.0. The van der Waals surface area contributed by atoms with Crippen molar-refractivity contribution in [3.63, 3.8) is 0 Å². The second-order valence-electron chi connectivity index (χ2n) is 3.58. The Bertz CT molecular complexity index is 321. The average molecular weight is 193 g/mol. The van der Waals surface area contributed by atoms with Gasteiger partial charge in [0.05, 0.1) is 12.7 Å². The van der Waals surface area contributed by atoms with Gasteiger partial charge in [-0.2, -0.15) is 0 Å². The molecule has 76 valence electrons. The van der Waals surface area contributed by atoms with Gasteiger partial charge in [0.25, 0.3) is 0 Å². The molecule has 0 aliphatic heterocycles. The van der Waals surface area contributed by atoms with Crippen molar-refractivity contribution < 1.29 is 9.53 Å². The molecule has 1 rings (SSSR count). The van der Waals surface area contributed by atoms with Crippen molar-refractivity contribution in [2.75, 3.05) is 7.11 Å². The second kappa shape index (κ2) is 4.74. The summed E-state index contributed by atoms with van der Waals surface area (Å²) in [6.45, 7) is 4.03. The number of pyridine rings is 1. The Morgan fingerprint density at radius 1 is 1.57 bits per heavy atom. The van der Waals surface area contributed by atoms with Crippen LogP contribution in [0.5, 0.6) is 5.88 Å². The van der Waals surface area contributed by atoms with Crippen molar-refractivity contribution in [2.45, 2.75) is 20.3 Å². The SMILES string of the molecule is COc1ncccc1C(=O)CC(C)C. The summed E-state index contributed by atoms with van der Waals surface area (Å²) in [5, 5.41) is 0. The van der Waals surface area contributed by atoms with Gasteiger partial charge >= 0.3 is 0 Å². The van der Waals surface area contributed by atoms with E-state index in [4.69, 9.17) is 4.74 Å². The van der Waals surface area contributed by atoms with E-state index in [1.807, 2.05) is 13.8 Å². The Kier molecular flexibility index (Phi) is 3.63. The molecule has 0 aromatic carbocycles. The van der Waals surface area contributed by atoms with Crippen molar-refractivity contribution in [3.8, 4) is 5.88 Å². The quantitative estimate of drug-likeness (QED) is 0.689. The lowest BCUT2D eigenvalue weighted by molar-refractivity contribution is 0.0964. The maximum absolute atomic E-state index is 11.7. The number of ether oxygens (including phenoxy) is 1. The summed E-state index contributed by atoms with van der Waals surface area (Å²) in [4.78, 5) is 15.7. The van der Waals surface area contributed by atoms with Gasteiger partial charge in [0.15, 0.2) is 5.78 Å². The van der Waals surface area contributed by atoms with Crippen LogP contribution < -0.4 is 4.74 Å². The third kappa shape index (κ3) is 2.55. The van der Waals surface area contributed by atoms with E-state index in [9.17, 15) is 4.79 Å². The molecule has 1 heterocycles. The number of methoxy groups -OCH3 is 1. The summed E-state index contributed by atoms with van der Waals surface area (Å²) in [5.41, 5.74) is 0.573. The minimum Gasteiger partial charge on any atom is -0.480 e. The molecule has 1 aromatic rings. The molecule has 14 heavy (non-hydrogen) atoms. The molecule has 1 aromatic heterocycles. The average Bonchev–Trinajstić information content (AvgIpc) is 2.16. The van der Waals surface area contributed by atoms with E-state index in [0.29, 0.717) is 23.8 Å². The number of Topliss-reactive ketones (excluding diaryl/α,β-unsaturated/α-hetero) is 1. The first-order valence-corrected chi connectivity index (χ1v) is 4.67. The lowest BCUT2D eigenvalue weighted by Gasteiger charge is -2.07. The van der Waals surface area contributed by atoms with Crippen LogP contribution in [0, 0.1) is 5.92 Å². The number of rotatable bonds is 4. The van der Waals surface area contributed by atoms with Crippen molar-refractivity contribution in [1.82, 2.24) is 4.98 Å². The molecule has 3 nitrogen and oxygen atoms in total. The van der Waals surface area contributed by atoms with E-state index in [1.165, 1.54) is 7.11 Å². The first kappa shape index (κ1) is 10.7. The van der Waals surface area contributed by atoms with E-state index >= 15 is 0 Å². The standard InChI is InChI=1S/C11H15NO2/c1-8(2)7-10(13)9-5-4-6-12-11(9)14-3/h4-6,8H,7H2,1-3H3. The summed E-state index contributed by atoms with van der Waals surface area (Å²) in [5.74, 6) is 0.857. The highest BCUT2D eigenvalue weighted by atomic mass is 16.5. The van der Waals surface area contributed by atoms with Crippen molar-refractivity contribution in [3.05, 3.63) is 23.9 Å². The molecule has 0 fully saturated rings. The van der Waals surface area contributed by atoms with Crippen LogP contribution in [0.4, 0.5) is 0 Å². The Labute approximate surface area is 84.1 Å². The van der Waals surface area contributed by atoms with Gasteiger partial charge in [-0.1, -0.05) is 13.8 Å². The van der Waals surface area contributed by atoms with Crippen LogP contribution in [0.25, 0.3) is 0 Å². The number of carbonyl (C=O) groups excluding carboxylic acids is 1.